The number of carbonyl (C=O) groups excluding carboxylic acids is 1. The molecule has 21 heavy (non-hydrogen) atoms. The van der Waals surface area contributed by atoms with E-state index in [1.165, 1.54) is 6.42 Å². The van der Waals surface area contributed by atoms with Crippen LogP contribution in [-0.4, -0.2) is 55.1 Å². The van der Waals surface area contributed by atoms with Gasteiger partial charge >= 0.3 is 0 Å². The van der Waals surface area contributed by atoms with Crippen LogP contribution in [0.15, 0.2) is 11.6 Å². The average Bonchev–Trinajstić information content (AvgIpc) is 3.15. The first-order chi connectivity index (χ1) is 10.3. The summed E-state index contributed by atoms with van der Waals surface area (Å²) in [5.74, 6) is 1.04. The van der Waals surface area contributed by atoms with Gasteiger partial charge in [0.05, 0.1) is 0 Å². The van der Waals surface area contributed by atoms with Crippen LogP contribution in [0.3, 0.4) is 0 Å². The van der Waals surface area contributed by atoms with Crippen LogP contribution in [0.25, 0.3) is 0 Å². The Morgan fingerprint density at radius 2 is 2.33 bits per heavy atom. The maximum Gasteiger partial charge on any atom is 0.222 e. The number of hydrogen-bond donors (Lipinski definition) is 1. The van der Waals surface area contributed by atoms with Crippen molar-refractivity contribution in [2.75, 3.05) is 44.2 Å². The number of amides is 1. The van der Waals surface area contributed by atoms with Crippen LogP contribution in [0.2, 0.25) is 0 Å². The minimum atomic E-state index is 0.336. The molecule has 5 nitrogen and oxygen atoms in total. The summed E-state index contributed by atoms with van der Waals surface area (Å²) < 4.78 is 0. The summed E-state index contributed by atoms with van der Waals surface area (Å²) in [4.78, 5) is 21.1. The molecule has 0 aliphatic carbocycles. The largest absolute Gasteiger partial charge is 0.346 e. The maximum absolute atomic E-state index is 12.4. The number of hydrogen-bond acceptors (Lipinski definition) is 5. The number of nitrogens with zero attached hydrogens (tertiary/aromatic N) is 3. The summed E-state index contributed by atoms with van der Waals surface area (Å²) in [6.07, 6.45) is 5.87. The second-order valence-corrected chi connectivity index (χ2v) is 6.81. The molecule has 2 saturated heterocycles. The minimum absolute atomic E-state index is 0.336. The highest BCUT2D eigenvalue weighted by Crippen LogP contribution is 2.20. The van der Waals surface area contributed by atoms with Gasteiger partial charge in [-0.1, -0.05) is 0 Å². The van der Waals surface area contributed by atoms with Crippen LogP contribution in [0.1, 0.15) is 25.7 Å². The molecule has 0 saturated carbocycles. The first-order valence-electron chi connectivity index (χ1n) is 7.96. The van der Waals surface area contributed by atoms with E-state index in [2.05, 4.69) is 20.1 Å². The van der Waals surface area contributed by atoms with E-state index >= 15 is 0 Å². The summed E-state index contributed by atoms with van der Waals surface area (Å²) in [5.41, 5.74) is 0. The Morgan fingerprint density at radius 3 is 3.10 bits per heavy atom. The lowest BCUT2D eigenvalue weighted by Crippen LogP contribution is -2.35. The zero-order valence-electron chi connectivity index (χ0n) is 12.5. The monoisotopic (exact) mass is 308 g/mol. The van der Waals surface area contributed by atoms with E-state index in [-0.39, 0.29) is 0 Å². The molecular formula is C15H24N4OS. The van der Waals surface area contributed by atoms with E-state index in [0.29, 0.717) is 18.2 Å². The second-order valence-electron chi connectivity index (χ2n) is 5.93. The van der Waals surface area contributed by atoms with Crippen LogP contribution in [0, 0.1) is 5.92 Å². The summed E-state index contributed by atoms with van der Waals surface area (Å²) >= 11 is 1.68. The standard InChI is InChI=1S/C15H24N4OS/c20-14(3-2-13-4-5-16-12-13)18-7-1-8-19(10-9-18)15-17-6-11-21-15/h6,11,13,16H,1-5,7-10,12H2. The molecule has 3 rings (SSSR count). The van der Waals surface area contributed by atoms with Gasteiger partial charge in [-0.25, -0.2) is 4.98 Å². The van der Waals surface area contributed by atoms with E-state index < -0.39 is 0 Å². The van der Waals surface area contributed by atoms with Crippen molar-refractivity contribution in [2.24, 2.45) is 5.92 Å². The third-order valence-corrected chi connectivity index (χ3v) is 5.30. The summed E-state index contributed by atoms with van der Waals surface area (Å²) in [5, 5.41) is 6.47. The number of nitrogens with one attached hydrogen (secondary N) is 1. The topological polar surface area (TPSA) is 48.5 Å². The smallest absolute Gasteiger partial charge is 0.222 e. The lowest BCUT2D eigenvalue weighted by Gasteiger charge is -2.22. The molecule has 1 aromatic heterocycles. The van der Waals surface area contributed by atoms with Crippen LogP contribution in [-0.2, 0) is 4.79 Å². The van der Waals surface area contributed by atoms with E-state index in [9.17, 15) is 4.79 Å². The zero-order chi connectivity index (χ0) is 14.5. The molecule has 2 aliphatic rings. The Bertz CT molecular complexity index is 445. The van der Waals surface area contributed by atoms with Crippen LogP contribution < -0.4 is 10.2 Å². The van der Waals surface area contributed by atoms with Gasteiger partial charge in [0.1, 0.15) is 0 Å². The van der Waals surface area contributed by atoms with E-state index in [1.807, 2.05) is 11.6 Å². The number of aromatic nitrogens is 1. The highest BCUT2D eigenvalue weighted by atomic mass is 32.1. The summed E-state index contributed by atoms with van der Waals surface area (Å²) in [7, 11) is 0. The fourth-order valence-corrected chi connectivity index (χ4v) is 3.87. The molecule has 116 valence electrons. The number of thiazole rings is 1. The summed E-state index contributed by atoms with van der Waals surface area (Å²) in [6.45, 7) is 5.84. The zero-order valence-corrected chi connectivity index (χ0v) is 13.3. The molecule has 0 aromatic carbocycles. The molecule has 1 amide bonds. The van der Waals surface area contributed by atoms with Gasteiger partial charge in [-0.05, 0) is 38.3 Å². The molecule has 0 radical (unpaired) electrons. The lowest BCUT2D eigenvalue weighted by molar-refractivity contribution is -0.131. The molecule has 2 fully saturated rings. The van der Waals surface area contributed by atoms with Crippen molar-refractivity contribution in [1.29, 1.82) is 0 Å². The van der Waals surface area contributed by atoms with E-state index in [0.717, 1.165) is 57.2 Å². The van der Waals surface area contributed by atoms with E-state index in [1.54, 1.807) is 11.3 Å². The van der Waals surface area contributed by atoms with Gasteiger partial charge in [0, 0.05) is 44.2 Å². The Balaban J connectivity index is 1.46. The van der Waals surface area contributed by atoms with Crippen LogP contribution in [0.5, 0.6) is 0 Å². The lowest BCUT2D eigenvalue weighted by atomic mass is 10.0. The fraction of sp³-hybridized carbons (Fsp3) is 0.733. The van der Waals surface area contributed by atoms with Gasteiger partial charge in [0.2, 0.25) is 5.91 Å². The third-order valence-electron chi connectivity index (χ3n) is 4.47. The molecule has 1 atom stereocenters. The molecule has 0 bridgehead atoms. The van der Waals surface area contributed by atoms with Crippen molar-refractivity contribution >= 4 is 22.4 Å². The highest BCUT2D eigenvalue weighted by Gasteiger charge is 2.22. The second kappa shape index (κ2) is 7.22. The summed E-state index contributed by atoms with van der Waals surface area (Å²) in [6, 6.07) is 0. The first-order valence-corrected chi connectivity index (χ1v) is 8.84. The van der Waals surface area contributed by atoms with Crippen molar-refractivity contribution in [3.05, 3.63) is 11.6 Å². The Labute approximate surface area is 130 Å². The normalized spacial score (nSPS) is 23.3. The quantitative estimate of drug-likeness (QED) is 0.917. The number of rotatable bonds is 4. The predicted molar refractivity (Wildman–Crippen MR) is 85.7 cm³/mol. The van der Waals surface area contributed by atoms with Gasteiger partial charge < -0.3 is 15.1 Å². The average molecular weight is 308 g/mol. The molecule has 6 heteroatoms. The maximum atomic E-state index is 12.4. The van der Waals surface area contributed by atoms with Crippen molar-refractivity contribution < 1.29 is 4.79 Å². The number of anilines is 1. The van der Waals surface area contributed by atoms with Crippen molar-refractivity contribution in [3.8, 4) is 0 Å². The van der Waals surface area contributed by atoms with Crippen molar-refractivity contribution in [2.45, 2.75) is 25.7 Å². The molecule has 3 heterocycles. The molecule has 0 spiro atoms. The van der Waals surface area contributed by atoms with Gasteiger partial charge in [-0.2, -0.15) is 0 Å². The van der Waals surface area contributed by atoms with Gasteiger partial charge in [-0.3, -0.25) is 4.79 Å². The van der Waals surface area contributed by atoms with E-state index in [4.69, 9.17) is 0 Å². The Kier molecular flexibility index (Phi) is 5.08. The minimum Gasteiger partial charge on any atom is -0.346 e. The molecule has 1 N–H and O–H groups in total. The van der Waals surface area contributed by atoms with Crippen LogP contribution in [0.4, 0.5) is 5.13 Å². The van der Waals surface area contributed by atoms with Crippen molar-refractivity contribution in [3.63, 3.8) is 0 Å². The van der Waals surface area contributed by atoms with Gasteiger partial charge in [0.25, 0.3) is 0 Å². The van der Waals surface area contributed by atoms with Crippen molar-refractivity contribution in [1.82, 2.24) is 15.2 Å². The predicted octanol–water partition coefficient (Wildman–Crippen LogP) is 1.57. The fourth-order valence-electron chi connectivity index (χ4n) is 3.18. The Morgan fingerprint density at radius 1 is 1.38 bits per heavy atom. The van der Waals surface area contributed by atoms with Gasteiger partial charge in [0.15, 0.2) is 5.13 Å². The molecule has 1 unspecified atom stereocenters. The number of carbonyl (C=O) groups is 1. The highest BCUT2D eigenvalue weighted by molar-refractivity contribution is 7.13. The van der Waals surface area contributed by atoms with Crippen LogP contribution >= 0.6 is 11.3 Å². The third kappa shape index (κ3) is 3.95. The Hall–Kier alpha value is -1.14. The van der Waals surface area contributed by atoms with Gasteiger partial charge in [-0.15, -0.1) is 11.3 Å². The molecule has 2 aliphatic heterocycles. The SMILES string of the molecule is O=C(CCC1CCNC1)N1CCCN(c2nccs2)CC1. The molecule has 1 aromatic rings. The first kappa shape index (κ1) is 14.8. The molecular weight excluding hydrogens is 284 g/mol.